The lowest BCUT2D eigenvalue weighted by molar-refractivity contribution is -0.148. The van der Waals surface area contributed by atoms with E-state index in [0.29, 0.717) is 0 Å². The minimum atomic E-state index is -0.791. The van der Waals surface area contributed by atoms with Gasteiger partial charge < -0.3 is 10.0 Å². The van der Waals surface area contributed by atoms with Crippen LogP contribution in [0.4, 0.5) is 0 Å². The van der Waals surface area contributed by atoms with Crippen molar-refractivity contribution in [3.63, 3.8) is 0 Å². The van der Waals surface area contributed by atoms with Crippen LogP contribution in [0.3, 0.4) is 0 Å². The molecule has 2 fully saturated rings. The SMILES string of the molecule is CC1CCCN(CC(=O)N2CCCCCC2)C1C(=O)O. The van der Waals surface area contributed by atoms with Gasteiger partial charge in [-0.2, -0.15) is 0 Å². The molecule has 0 bridgehead atoms. The summed E-state index contributed by atoms with van der Waals surface area (Å²) in [4.78, 5) is 27.6. The first-order valence-corrected chi connectivity index (χ1v) is 7.84. The normalized spacial score (nSPS) is 28.9. The van der Waals surface area contributed by atoms with Gasteiger partial charge in [0, 0.05) is 13.1 Å². The van der Waals surface area contributed by atoms with Crippen LogP contribution in [0.2, 0.25) is 0 Å². The van der Waals surface area contributed by atoms with Crippen molar-refractivity contribution < 1.29 is 14.7 Å². The second-order valence-corrected chi connectivity index (χ2v) is 6.17. The summed E-state index contributed by atoms with van der Waals surface area (Å²) in [6, 6.07) is -0.500. The summed E-state index contributed by atoms with van der Waals surface area (Å²) >= 11 is 0. The third-order valence-electron chi connectivity index (χ3n) is 4.59. The van der Waals surface area contributed by atoms with Crippen LogP contribution < -0.4 is 0 Å². The number of carbonyl (C=O) groups excluding carboxylic acids is 1. The highest BCUT2D eigenvalue weighted by Gasteiger charge is 2.35. The van der Waals surface area contributed by atoms with E-state index in [1.807, 2.05) is 16.7 Å². The van der Waals surface area contributed by atoms with Crippen molar-refractivity contribution in [2.45, 2.75) is 51.5 Å². The van der Waals surface area contributed by atoms with Crippen molar-refractivity contribution in [2.75, 3.05) is 26.2 Å². The van der Waals surface area contributed by atoms with Crippen molar-refractivity contribution in [1.82, 2.24) is 9.80 Å². The maximum Gasteiger partial charge on any atom is 0.321 e. The standard InChI is InChI=1S/C15H26N2O3/c1-12-7-6-10-17(14(12)15(19)20)11-13(18)16-8-4-2-3-5-9-16/h12,14H,2-11H2,1H3,(H,19,20). The number of piperidine rings is 1. The van der Waals surface area contributed by atoms with Crippen LogP contribution in [0, 0.1) is 5.92 Å². The molecule has 2 saturated heterocycles. The van der Waals surface area contributed by atoms with E-state index in [1.165, 1.54) is 12.8 Å². The van der Waals surface area contributed by atoms with Crippen LogP contribution in [0.25, 0.3) is 0 Å². The van der Waals surface area contributed by atoms with Gasteiger partial charge in [-0.25, -0.2) is 0 Å². The van der Waals surface area contributed by atoms with Gasteiger partial charge in [-0.05, 0) is 38.1 Å². The van der Waals surface area contributed by atoms with Crippen LogP contribution in [-0.4, -0.2) is 59.0 Å². The maximum atomic E-state index is 12.4. The van der Waals surface area contributed by atoms with Crippen molar-refractivity contribution in [2.24, 2.45) is 5.92 Å². The number of carbonyl (C=O) groups is 2. The number of amides is 1. The molecule has 0 radical (unpaired) electrons. The lowest BCUT2D eigenvalue weighted by atomic mass is 9.91. The Kier molecular flexibility index (Phi) is 5.40. The molecule has 2 aliphatic heterocycles. The summed E-state index contributed by atoms with van der Waals surface area (Å²) in [6.45, 7) is 4.63. The average molecular weight is 282 g/mol. The number of rotatable bonds is 3. The number of nitrogens with zero attached hydrogens (tertiary/aromatic N) is 2. The van der Waals surface area contributed by atoms with Gasteiger partial charge >= 0.3 is 5.97 Å². The molecule has 2 aliphatic rings. The first kappa shape index (κ1) is 15.3. The van der Waals surface area contributed by atoms with E-state index in [9.17, 15) is 14.7 Å². The fraction of sp³-hybridized carbons (Fsp3) is 0.867. The maximum absolute atomic E-state index is 12.4. The number of aliphatic carboxylic acids is 1. The van der Waals surface area contributed by atoms with Gasteiger partial charge in [-0.1, -0.05) is 19.8 Å². The molecule has 0 spiro atoms. The monoisotopic (exact) mass is 282 g/mol. The van der Waals surface area contributed by atoms with Gasteiger partial charge in [0.1, 0.15) is 6.04 Å². The number of hydrogen-bond donors (Lipinski definition) is 1. The highest BCUT2D eigenvalue weighted by Crippen LogP contribution is 2.23. The average Bonchev–Trinajstić information content (AvgIpc) is 2.67. The lowest BCUT2D eigenvalue weighted by Crippen LogP contribution is -2.53. The molecule has 0 aromatic rings. The zero-order valence-corrected chi connectivity index (χ0v) is 12.4. The molecule has 1 N–H and O–H groups in total. The number of likely N-dealkylation sites (tertiary alicyclic amines) is 2. The summed E-state index contributed by atoms with van der Waals surface area (Å²) in [5.41, 5.74) is 0. The molecule has 0 aromatic heterocycles. The zero-order chi connectivity index (χ0) is 14.5. The van der Waals surface area contributed by atoms with E-state index >= 15 is 0 Å². The van der Waals surface area contributed by atoms with Gasteiger partial charge in [-0.15, -0.1) is 0 Å². The Labute approximate surface area is 120 Å². The van der Waals surface area contributed by atoms with E-state index < -0.39 is 12.0 Å². The Morgan fingerprint density at radius 3 is 2.30 bits per heavy atom. The van der Waals surface area contributed by atoms with E-state index in [1.54, 1.807) is 0 Å². The summed E-state index contributed by atoms with van der Waals surface area (Å²) in [5, 5.41) is 9.38. The molecule has 2 rings (SSSR count). The molecule has 0 saturated carbocycles. The molecule has 0 aromatic carbocycles. The molecule has 2 atom stereocenters. The predicted molar refractivity (Wildman–Crippen MR) is 76.4 cm³/mol. The Morgan fingerprint density at radius 2 is 1.70 bits per heavy atom. The van der Waals surface area contributed by atoms with Gasteiger partial charge in [0.05, 0.1) is 6.54 Å². The molecule has 0 aliphatic carbocycles. The summed E-state index contributed by atoms with van der Waals surface area (Å²) in [7, 11) is 0. The van der Waals surface area contributed by atoms with Crippen LogP contribution in [0.1, 0.15) is 45.4 Å². The van der Waals surface area contributed by atoms with Crippen molar-refractivity contribution in [1.29, 1.82) is 0 Å². The first-order chi connectivity index (χ1) is 9.59. The molecule has 1 amide bonds. The zero-order valence-electron chi connectivity index (χ0n) is 12.4. The number of carboxylic acid groups (broad SMARTS) is 1. The molecule has 20 heavy (non-hydrogen) atoms. The molecule has 2 heterocycles. The van der Waals surface area contributed by atoms with Crippen molar-refractivity contribution >= 4 is 11.9 Å². The molecule has 114 valence electrons. The largest absolute Gasteiger partial charge is 0.480 e. The molecular weight excluding hydrogens is 256 g/mol. The van der Waals surface area contributed by atoms with Gasteiger partial charge in [0.15, 0.2) is 0 Å². The van der Waals surface area contributed by atoms with Gasteiger partial charge in [0.2, 0.25) is 5.91 Å². The van der Waals surface area contributed by atoms with Crippen molar-refractivity contribution in [3.05, 3.63) is 0 Å². The molecule has 2 unspecified atom stereocenters. The van der Waals surface area contributed by atoms with Crippen molar-refractivity contribution in [3.8, 4) is 0 Å². The third-order valence-corrected chi connectivity index (χ3v) is 4.59. The smallest absolute Gasteiger partial charge is 0.321 e. The topological polar surface area (TPSA) is 60.9 Å². The highest BCUT2D eigenvalue weighted by atomic mass is 16.4. The minimum Gasteiger partial charge on any atom is -0.480 e. The second-order valence-electron chi connectivity index (χ2n) is 6.17. The highest BCUT2D eigenvalue weighted by molar-refractivity contribution is 5.80. The fourth-order valence-electron chi connectivity index (χ4n) is 3.44. The minimum absolute atomic E-state index is 0.104. The van der Waals surface area contributed by atoms with Crippen LogP contribution in [0.15, 0.2) is 0 Å². The third kappa shape index (κ3) is 3.72. The Bertz CT molecular complexity index is 351. The van der Waals surface area contributed by atoms with Gasteiger partial charge in [-0.3, -0.25) is 14.5 Å². The van der Waals surface area contributed by atoms with Crippen LogP contribution >= 0.6 is 0 Å². The van der Waals surface area contributed by atoms with E-state index in [4.69, 9.17) is 0 Å². The Morgan fingerprint density at radius 1 is 1.05 bits per heavy atom. The summed E-state index contributed by atoms with van der Waals surface area (Å²) in [5.74, 6) is -0.564. The summed E-state index contributed by atoms with van der Waals surface area (Å²) < 4.78 is 0. The van der Waals surface area contributed by atoms with E-state index in [2.05, 4.69) is 0 Å². The molecular formula is C15H26N2O3. The van der Waals surface area contributed by atoms with Gasteiger partial charge in [0.25, 0.3) is 0 Å². The first-order valence-electron chi connectivity index (χ1n) is 7.84. The van der Waals surface area contributed by atoms with Crippen LogP contribution in [0.5, 0.6) is 0 Å². The summed E-state index contributed by atoms with van der Waals surface area (Å²) in [6.07, 6.45) is 6.46. The predicted octanol–water partition coefficient (Wildman–Crippen LogP) is 1.57. The Balaban J connectivity index is 1.95. The lowest BCUT2D eigenvalue weighted by Gasteiger charge is -2.37. The van der Waals surface area contributed by atoms with Crippen LogP contribution in [-0.2, 0) is 9.59 Å². The second kappa shape index (κ2) is 7.07. The fourth-order valence-corrected chi connectivity index (χ4v) is 3.44. The molecule has 5 nitrogen and oxygen atoms in total. The number of hydrogen-bond acceptors (Lipinski definition) is 3. The van der Waals surface area contributed by atoms with E-state index in [-0.39, 0.29) is 18.4 Å². The Hall–Kier alpha value is -1.10. The number of carboxylic acids is 1. The van der Waals surface area contributed by atoms with E-state index in [0.717, 1.165) is 45.3 Å². The molecule has 5 heteroatoms. The quantitative estimate of drug-likeness (QED) is 0.853.